The Bertz CT molecular complexity index is 1100. The Kier molecular flexibility index (Phi) is 5.69. The molecule has 0 radical (unpaired) electrons. The van der Waals surface area contributed by atoms with E-state index in [2.05, 4.69) is 48.0 Å². The van der Waals surface area contributed by atoms with Gasteiger partial charge in [-0.25, -0.2) is 18.7 Å². The number of anilines is 2. The molecule has 1 fully saturated rings. The minimum Gasteiger partial charge on any atom is -0.471 e. The smallest absolute Gasteiger partial charge is 0.272 e. The summed E-state index contributed by atoms with van der Waals surface area (Å²) in [4.78, 5) is 15.1. The highest BCUT2D eigenvalue weighted by Crippen LogP contribution is 2.28. The largest absolute Gasteiger partial charge is 0.471 e. The van der Waals surface area contributed by atoms with Crippen molar-refractivity contribution >= 4 is 22.4 Å². The van der Waals surface area contributed by atoms with E-state index in [4.69, 9.17) is 4.74 Å². The van der Waals surface area contributed by atoms with Crippen molar-refractivity contribution in [3.63, 3.8) is 0 Å². The first-order valence-electron chi connectivity index (χ1n) is 10.8. The second-order valence-corrected chi connectivity index (χ2v) is 8.22. The summed E-state index contributed by atoms with van der Waals surface area (Å²) < 4.78 is 30.4. The van der Waals surface area contributed by atoms with Crippen LogP contribution in [0.5, 0.6) is 5.88 Å². The zero-order valence-electron chi connectivity index (χ0n) is 17.9. The fourth-order valence-electron chi connectivity index (χ4n) is 4.28. The Hall–Kier alpha value is -3.14. The lowest BCUT2D eigenvalue weighted by molar-refractivity contribution is 0.0804. The fraction of sp³-hybridized carbons (Fsp3) is 0.455. The van der Waals surface area contributed by atoms with Crippen LogP contribution in [0.3, 0.4) is 0 Å². The van der Waals surface area contributed by atoms with Gasteiger partial charge in [0.15, 0.2) is 12.4 Å². The fourth-order valence-corrected chi connectivity index (χ4v) is 4.28. The van der Waals surface area contributed by atoms with E-state index in [-0.39, 0.29) is 5.88 Å². The average molecular weight is 441 g/mol. The van der Waals surface area contributed by atoms with Crippen LogP contribution in [-0.2, 0) is 13.0 Å². The van der Waals surface area contributed by atoms with Crippen molar-refractivity contribution in [1.29, 1.82) is 0 Å². The third-order valence-electron chi connectivity index (χ3n) is 6.01. The van der Waals surface area contributed by atoms with Crippen LogP contribution < -0.4 is 14.5 Å². The number of hydrogen-bond donors (Lipinski definition) is 0. The van der Waals surface area contributed by atoms with E-state index in [1.165, 1.54) is 11.9 Å². The normalized spacial score (nSPS) is 17.1. The van der Waals surface area contributed by atoms with E-state index in [1.807, 2.05) is 18.2 Å². The molecule has 0 atom stereocenters. The maximum absolute atomic E-state index is 12.6. The molecule has 168 valence electrons. The number of fused-ring (bicyclic) bond motifs is 2. The highest BCUT2D eigenvalue weighted by molar-refractivity contribution is 5.86. The van der Waals surface area contributed by atoms with Gasteiger partial charge in [-0.15, -0.1) is 5.10 Å². The standard InChI is InChI=1S/C22H25F2N7O/c1-29-5-4-18-15(12-29)10-21(28-27-18)31-8-6-30(7-9-31)16-2-3-19-17(11-16)22(26-14-25-19)32-13-20(23)24/h2-3,10-11,14,20H,4-9,12-13H2,1H3. The molecule has 5 rings (SSSR count). The van der Waals surface area contributed by atoms with Crippen LogP contribution in [0.1, 0.15) is 11.3 Å². The van der Waals surface area contributed by atoms with Gasteiger partial charge in [0.2, 0.25) is 5.88 Å². The topological polar surface area (TPSA) is 70.5 Å². The number of halogens is 2. The number of ether oxygens (including phenoxy) is 1. The maximum Gasteiger partial charge on any atom is 0.272 e. The van der Waals surface area contributed by atoms with Crippen LogP contribution >= 0.6 is 0 Å². The first-order valence-corrected chi connectivity index (χ1v) is 10.8. The number of likely N-dealkylation sites (N-methyl/N-ethyl adjacent to an activating group) is 1. The van der Waals surface area contributed by atoms with Gasteiger partial charge in [0.1, 0.15) is 6.33 Å². The Morgan fingerprint density at radius 1 is 1.00 bits per heavy atom. The first-order chi connectivity index (χ1) is 15.6. The van der Waals surface area contributed by atoms with Gasteiger partial charge in [0, 0.05) is 51.4 Å². The van der Waals surface area contributed by atoms with Gasteiger partial charge in [-0.3, -0.25) is 0 Å². The molecule has 2 aromatic heterocycles. The van der Waals surface area contributed by atoms with Crippen LogP contribution in [0, 0.1) is 0 Å². The molecule has 32 heavy (non-hydrogen) atoms. The average Bonchev–Trinajstić information content (AvgIpc) is 2.82. The van der Waals surface area contributed by atoms with Crippen LogP contribution in [0.4, 0.5) is 20.3 Å². The predicted octanol–water partition coefficient (Wildman–Crippen LogP) is 2.38. The quantitative estimate of drug-likeness (QED) is 0.598. The SMILES string of the molecule is CN1CCc2nnc(N3CCN(c4ccc5ncnc(OCC(F)F)c5c4)CC3)cc2C1. The zero-order chi connectivity index (χ0) is 22.1. The molecule has 0 spiro atoms. The molecule has 0 amide bonds. The Labute approximate surface area is 184 Å². The number of piperazine rings is 1. The summed E-state index contributed by atoms with van der Waals surface area (Å²) in [5.74, 6) is 1.11. The van der Waals surface area contributed by atoms with Gasteiger partial charge >= 0.3 is 0 Å². The third-order valence-corrected chi connectivity index (χ3v) is 6.01. The monoisotopic (exact) mass is 441 g/mol. The lowest BCUT2D eigenvalue weighted by atomic mass is 10.1. The van der Waals surface area contributed by atoms with Gasteiger partial charge in [-0.1, -0.05) is 0 Å². The summed E-state index contributed by atoms with van der Waals surface area (Å²) >= 11 is 0. The molecule has 0 unspecified atom stereocenters. The molecule has 10 heteroatoms. The van der Waals surface area contributed by atoms with E-state index in [9.17, 15) is 8.78 Å². The molecule has 0 bridgehead atoms. The molecular formula is C22H25F2N7O. The molecular weight excluding hydrogens is 416 g/mol. The van der Waals surface area contributed by atoms with Gasteiger partial charge in [-0.2, -0.15) is 5.10 Å². The maximum atomic E-state index is 12.6. The molecule has 1 saturated heterocycles. The van der Waals surface area contributed by atoms with Crippen molar-refractivity contribution in [3.05, 3.63) is 41.9 Å². The predicted molar refractivity (Wildman–Crippen MR) is 118 cm³/mol. The summed E-state index contributed by atoms with van der Waals surface area (Å²) in [5.41, 5.74) is 4.03. The van der Waals surface area contributed by atoms with Crippen LogP contribution in [0.2, 0.25) is 0 Å². The van der Waals surface area contributed by atoms with Crippen molar-refractivity contribution in [3.8, 4) is 5.88 Å². The summed E-state index contributed by atoms with van der Waals surface area (Å²) in [6.07, 6.45) is -0.274. The Morgan fingerprint density at radius 2 is 1.81 bits per heavy atom. The van der Waals surface area contributed by atoms with E-state index in [1.54, 1.807) is 0 Å². The molecule has 2 aliphatic rings. The van der Waals surface area contributed by atoms with Gasteiger partial charge < -0.3 is 19.4 Å². The van der Waals surface area contributed by atoms with E-state index in [0.29, 0.717) is 10.9 Å². The number of aromatic nitrogens is 4. The van der Waals surface area contributed by atoms with Crippen molar-refractivity contribution in [2.45, 2.75) is 19.4 Å². The van der Waals surface area contributed by atoms with E-state index in [0.717, 1.165) is 62.9 Å². The van der Waals surface area contributed by atoms with Crippen LogP contribution in [-0.4, -0.2) is 77.9 Å². The molecule has 4 heterocycles. The Balaban J connectivity index is 1.30. The second kappa shape index (κ2) is 8.78. The second-order valence-electron chi connectivity index (χ2n) is 8.22. The molecule has 3 aromatic rings. The van der Waals surface area contributed by atoms with Gasteiger partial charge in [0.05, 0.1) is 16.6 Å². The number of rotatable bonds is 5. The first kappa shape index (κ1) is 20.7. The zero-order valence-corrected chi connectivity index (χ0v) is 17.9. The van der Waals surface area contributed by atoms with E-state index < -0.39 is 13.0 Å². The summed E-state index contributed by atoms with van der Waals surface area (Å²) in [7, 11) is 2.13. The lowest BCUT2D eigenvalue weighted by Crippen LogP contribution is -2.47. The summed E-state index contributed by atoms with van der Waals surface area (Å²) in [5, 5.41) is 9.57. The number of hydrogen-bond acceptors (Lipinski definition) is 8. The van der Waals surface area contributed by atoms with Crippen LogP contribution in [0.15, 0.2) is 30.6 Å². The molecule has 0 saturated carbocycles. The molecule has 0 aliphatic carbocycles. The van der Waals surface area contributed by atoms with Gasteiger partial charge in [0.25, 0.3) is 6.43 Å². The van der Waals surface area contributed by atoms with Crippen molar-refractivity contribution < 1.29 is 13.5 Å². The minimum absolute atomic E-state index is 0.185. The van der Waals surface area contributed by atoms with Crippen molar-refractivity contribution in [2.75, 3.05) is 56.2 Å². The molecule has 0 N–H and O–H groups in total. The Morgan fingerprint density at radius 3 is 2.62 bits per heavy atom. The number of nitrogens with zero attached hydrogens (tertiary/aromatic N) is 7. The van der Waals surface area contributed by atoms with E-state index >= 15 is 0 Å². The summed E-state index contributed by atoms with van der Waals surface area (Å²) in [6.45, 7) is 4.50. The highest BCUT2D eigenvalue weighted by Gasteiger charge is 2.22. The van der Waals surface area contributed by atoms with Gasteiger partial charge in [-0.05, 0) is 36.9 Å². The molecule has 1 aromatic carbocycles. The number of benzene rings is 1. The molecule has 8 nitrogen and oxygen atoms in total. The molecule has 2 aliphatic heterocycles. The van der Waals surface area contributed by atoms with Crippen LogP contribution in [0.25, 0.3) is 10.9 Å². The van der Waals surface area contributed by atoms with Crippen molar-refractivity contribution in [1.82, 2.24) is 25.1 Å². The minimum atomic E-state index is -2.55. The number of alkyl halides is 2. The lowest BCUT2D eigenvalue weighted by Gasteiger charge is -2.37. The third kappa shape index (κ3) is 4.27. The van der Waals surface area contributed by atoms with Crippen molar-refractivity contribution in [2.24, 2.45) is 0 Å². The summed E-state index contributed by atoms with van der Waals surface area (Å²) in [6, 6.07) is 7.96. The highest BCUT2D eigenvalue weighted by atomic mass is 19.3.